The molecule has 24 heavy (non-hydrogen) atoms. The van der Waals surface area contributed by atoms with Crippen molar-refractivity contribution in [3.8, 4) is 0 Å². The molecule has 5 heteroatoms. The van der Waals surface area contributed by atoms with Crippen molar-refractivity contribution < 1.29 is 4.79 Å². The Balaban J connectivity index is 2.11. The first kappa shape index (κ1) is 18.2. The predicted octanol–water partition coefficient (Wildman–Crippen LogP) is 4.58. The van der Waals surface area contributed by atoms with E-state index in [0.29, 0.717) is 5.69 Å². The average Bonchev–Trinajstić information content (AvgIpc) is 2.36. The van der Waals surface area contributed by atoms with Crippen LogP contribution in [0.15, 0.2) is 18.2 Å². The van der Waals surface area contributed by atoms with E-state index in [0.717, 1.165) is 28.8 Å². The number of anilines is 1. The van der Waals surface area contributed by atoms with E-state index in [1.807, 2.05) is 45.9 Å². The molecule has 2 amide bonds. The number of rotatable bonds is 3. The Kier molecular flexibility index (Phi) is 4.83. The van der Waals surface area contributed by atoms with Crippen LogP contribution < -0.4 is 10.6 Å². The highest BCUT2D eigenvalue weighted by molar-refractivity contribution is 5.92. The highest BCUT2D eigenvalue weighted by Crippen LogP contribution is 2.27. The zero-order chi connectivity index (χ0) is 18.1. The number of hydrogen-bond donors (Lipinski definition) is 2. The summed E-state index contributed by atoms with van der Waals surface area (Å²) in [4.78, 5) is 21.3. The number of amides is 2. The molecule has 0 fully saturated rings. The molecule has 0 saturated carbocycles. The van der Waals surface area contributed by atoms with Gasteiger partial charge in [0.25, 0.3) is 0 Å². The van der Waals surface area contributed by atoms with Gasteiger partial charge in [-0.1, -0.05) is 20.8 Å². The molecule has 0 unspecified atom stereocenters. The zero-order valence-corrected chi connectivity index (χ0v) is 15.7. The molecule has 1 heterocycles. The molecule has 130 valence electrons. The van der Waals surface area contributed by atoms with Gasteiger partial charge in [0.2, 0.25) is 0 Å². The number of hydrogen-bond acceptors (Lipinski definition) is 3. The second-order valence-electron chi connectivity index (χ2n) is 8.30. The fourth-order valence-corrected chi connectivity index (χ4v) is 3.15. The van der Waals surface area contributed by atoms with E-state index < -0.39 is 0 Å². The monoisotopic (exact) mass is 328 g/mol. The maximum Gasteiger partial charge on any atom is 0.319 e. The number of fused-ring (bicyclic) bond motifs is 1. The maximum atomic E-state index is 12.3. The van der Waals surface area contributed by atoms with E-state index in [9.17, 15) is 4.79 Å². The highest BCUT2D eigenvalue weighted by atomic mass is 16.2. The van der Waals surface area contributed by atoms with Crippen LogP contribution in [-0.2, 0) is 0 Å². The molecule has 1 aromatic heterocycles. The Bertz CT molecular complexity index is 760. The van der Waals surface area contributed by atoms with Gasteiger partial charge in [0.1, 0.15) is 0 Å². The highest BCUT2D eigenvalue weighted by Gasteiger charge is 2.27. The van der Waals surface area contributed by atoms with Gasteiger partial charge in [0.05, 0.1) is 22.4 Å². The second kappa shape index (κ2) is 6.38. The van der Waals surface area contributed by atoms with Crippen molar-refractivity contribution >= 4 is 22.8 Å². The molecule has 2 aromatic rings. The average molecular weight is 328 g/mol. The summed E-state index contributed by atoms with van der Waals surface area (Å²) in [6.07, 6.45) is 0.884. The van der Waals surface area contributed by atoms with Gasteiger partial charge in [-0.05, 0) is 57.7 Å². The Morgan fingerprint density at radius 2 is 1.58 bits per heavy atom. The van der Waals surface area contributed by atoms with Crippen LogP contribution >= 0.6 is 0 Å². The van der Waals surface area contributed by atoms with Crippen LogP contribution in [0.5, 0.6) is 0 Å². The van der Waals surface area contributed by atoms with Crippen LogP contribution in [0, 0.1) is 19.3 Å². The number of benzene rings is 1. The van der Waals surface area contributed by atoms with Gasteiger partial charge in [-0.2, -0.15) is 0 Å². The van der Waals surface area contributed by atoms with Crippen LogP contribution in [0.25, 0.3) is 11.0 Å². The fourth-order valence-electron chi connectivity index (χ4n) is 3.15. The molecule has 1 aromatic carbocycles. The number of nitrogens with one attached hydrogen (secondary N) is 2. The first-order chi connectivity index (χ1) is 11.0. The fraction of sp³-hybridized carbons (Fsp3) is 0.526. The molecule has 2 rings (SSSR count). The van der Waals surface area contributed by atoms with Gasteiger partial charge in [0, 0.05) is 11.2 Å². The molecule has 0 radical (unpaired) electrons. The first-order valence-electron chi connectivity index (χ1n) is 8.29. The number of aromatic nitrogens is 2. The summed E-state index contributed by atoms with van der Waals surface area (Å²) in [5, 5.41) is 5.94. The third-order valence-electron chi connectivity index (χ3n) is 3.76. The summed E-state index contributed by atoms with van der Waals surface area (Å²) < 4.78 is 0. The van der Waals surface area contributed by atoms with E-state index in [-0.39, 0.29) is 17.0 Å². The van der Waals surface area contributed by atoms with Gasteiger partial charge in [-0.15, -0.1) is 0 Å². The normalized spacial score (nSPS) is 12.3. The van der Waals surface area contributed by atoms with Crippen molar-refractivity contribution in [2.45, 2.75) is 60.4 Å². The number of carbonyl (C=O) groups is 1. The maximum absolute atomic E-state index is 12.3. The van der Waals surface area contributed by atoms with Gasteiger partial charge in [-0.25, -0.2) is 14.8 Å². The van der Waals surface area contributed by atoms with E-state index >= 15 is 0 Å². The molecule has 0 aliphatic carbocycles. The Morgan fingerprint density at radius 1 is 1.00 bits per heavy atom. The van der Waals surface area contributed by atoms with Crippen molar-refractivity contribution in [3.63, 3.8) is 0 Å². The van der Waals surface area contributed by atoms with Crippen molar-refractivity contribution in [3.05, 3.63) is 29.6 Å². The third-order valence-corrected chi connectivity index (χ3v) is 3.76. The van der Waals surface area contributed by atoms with E-state index in [4.69, 9.17) is 0 Å². The molecule has 2 N–H and O–H groups in total. The van der Waals surface area contributed by atoms with Crippen LogP contribution in [0.4, 0.5) is 10.5 Å². The van der Waals surface area contributed by atoms with Gasteiger partial charge in [-0.3, -0.25) is 0 Å². The predicted molar refractivity (Wildman–Crippen MR) is 99.3 cm³/mol. The Labute approximate surface area is 144 Å². The van der Waals surface area contributed by atoms with Crippen LogP contribution in [-0.4, -0.2) is 21.5 Å². The molecule has 0 saturated heterocycles. The number of urea groups is 1. The molecule has 5 nitrogen and oxygen atoms in total. The summed E-state index contributed by atoms with van der Waals surface area (Å²) in [7, 11) is 0. The van der Waals surface area contributed by atoms with Gasteiger partial charge in [0.15, 0.2) is 0 Å². The lowest BCUT2D eigenvalue weighted by Crippen LogP contribution is -2.47. The number of carbonyl (C=O) groups excluding carboxylic acids is 1. The van der Waals surface area contributed by atoms with Gasteiger partial charge >= 0.3 is 6.03 Å². The lowest BCUT2D eigenvalue weighted by atomic mass is 9.82. The summed E-state index contributed by atoms with van der Waals surface area (Å²) in [6.45, 7) is 14.5. The van der Waals surface area contributed by atoms with Crippen molar-refractivity contribution in [2.24, 2.45) is 5.41 Å². The molecule has 0 aliphatic rings. The van der Waals surface area contributed by atoms with Crippen LogP contribution in [0.2, 0.25) is 0 Å². The van der Waals surface area contributed by atoms with Crippen molar-refractivity contribution in [2.75, 3.05) is 5.32 Å². The van der Waals surface area contributed by atoms with Crippen molar-refractivity contribution in [1.29, 1.82) is 0 Å². The third kappa shape index (κ3) is 4.91. The minimum absolute atomic E-state index is 0.144. The minimum atomic E-state index is -0.285. The molecule has 0 bridgehead atoms. The molecular formula is C19H28N4O. The van der Waals surface area contributed by atoms with E-state index in [1.165, 1.54) is 0 Å². The number of aryl methyl sites for hydroxylation is 2. The second-order valence-corrected chi connectivity index (χ2v) is 8.30. The first-order valence-corrected chi connectivity index (χ1v) is 8.29. The standard InChI is InChI=1S/C19H28N4O/c1-12-13(2)21-16-10-14(8-9-15(16)20-12)22-17(24)23-19(6,7)11-18(3,4)5/h8-10H,11H2,1-7H3,(H2,22,23,24). The number of nitrogens with zero attached hydrogens (tertiary/aromatic N) is 2. The quantitative estimate of drug-likeness (QED) is 0.866. The smallest absolute Gasteiger partial charge is 0.319 e. The Morgan fingerprint density at radius 3 is 2.17 bits per heavy atom. The molecule has 0 aliphatic heterocycles. The molecule has 0 atom stereocenters. The Hall–Kier alpha value is -2.17. The summed E-state index contributed by atoms with van der Waals surface area (Å²) in [6, 6.07) is 5.37. The van der Waals surface area contributed by atoms with E-state index in [1.54, 1.807) is 0 Å². The van der Waals surface area contributed by atoms with E-state index in [2.05, 4.69) is 41.4 Å². The van der Waals surface area contributed by atoms with Crippen LogP contribution in [0.3, 0.4) is 0 Å². The lowest BCUT2D eigenvalue weighted by Gasteiger charge is -2.33. The molecule has 0 spiro atoms. The summed E-state index contributed by atoms with van der Waals surface area (Å²) in [5.41, 5.74) is 4.00. The molecular weight excluding hydrogens is 300 g/mol. The summed E-state index contributed by atoms with van der Waals surface area (Å²) in [5.74, 6) is 0. The van der Waals surface area contributed by atoms with Crippen LogP contribution in [0.1, 0.15) is 52.4 Å². The lowest BCUT2D eigenvalue weighted by molar-refractivity contribution is 0.220. The topological polar surface area (TPSA) is 66.9 Å². The zero-order valence-electron chi connectivity index (χ0n) is 15.7. The SMILES string of the molecule is Cc1nc2ccc(NC(=O)NC(C)(C)CC(C)(C)C)cc2nc1C. The van der Waals surface area contributed by atoms with Gasteiger partial charge < -0.3 is 10.6 Å². The largest absolute Gasteiger partial charge is 0.333 e. The summed E-state index contributed by atoms with van der Waals surface area (Å²) >= 11 is 0. The minimum Gasteiger partial charge on any atom is -0.333 e. The van der Waals surface area contributed by atoms with Crippen molar-refractivity contribution in [1.82, 2.24) is 15.3 Å².